The zero-order valence-electron chi connectivity index (χ0n) is 23.1. The van der Waals surface area contributed by atoms with Gasteiger partial charge >= 0.3 is 5.97 Å². The molecule has 214 valence electrons. The van der Waals surface area contributed by atoms with Crippen LogP contribution in [0.1, 0.15) is 37.0 Å². The number of carbonyl (C=O) groups is 1. The van der Waals surface area contributed by atoms with Crippen LogP contribution in [-0.2, 0) is 34.1 Å². The first kappa shape index (κ1) is 30.2. The fourth-order valence-corrected chi connectivity index (χ4v) is 7.08. The number of fused-ring (bicyclic) bond motifs is 1. The summed E-state index contributed by atoms with van der Waals surface area (Å²) in [5, 5.41) is 23.3. The quantitative estimate of drug-likeness (QED) is 0.283. The van der Waals surface area contributed by atoms with E-state index in [0.29, 0.717) is 17.0 Å². The highest BCUT2D eigenvalue weighted by atomic mass is 35.5. The molecule has 1 unspecified atom stereocenters. The van der Waals surface area contributed by atoms with Crippen molar-refractivity contribution in [3.63, 3.8) is 0 Å². The summed E-state index contributed by atoms with van der Waals surface area (Å²) in [4.78, 5) is 10.9. The van der Waals surface area contributed by atoms with Crippen LogP contribution < -0.4 is 5.32 Å². The summed E-state index contributed by atoms with van der Waals surface area (Å²) in [5.41, 5.74) is 4.67. The minimum atomic E-state index is -3.88. The van der Waals surface area contributed by atoms with Gasteiger partial charge in [0.2, 0.25) is 10.0 Å². The molecule has 3 aromatic carbocycles. The second kappa shape index (κ2) is 12.4. The Bertz CT molecular complexity index is 1430. The van der Waals surface area contributed by atoms with Crippen LogP contribution in [0.5, 0.6) is 0 Å². The normalized spacial score (nSPS) is 14.8. The van der Waals surface area contributed by atoms with Gasteiger partial charge in [0.25, 0.3) is 0 Å². The van der Waals surface area contributed by atoms with E-state index in [9.17, 15) is 18.3 Å². The van der Waals surface area contributed by atoms with E-state index in [-0.39, 0.29) is 35.0 Å². The smallest absolute Gasteiger partial charge is 0.307 e. The fraction of sp³-hybridized carbons (Fsp3) is 0.387. The molecule has 7 nitrogen and oxygen atoms in total. The van der Waals surface area contributed by atoms with E-state index in [1.54, 1.807) is 30.3 Å². The van der Waals surface area contributed by atoms with Gasteiger partial charge in [-0.1, -0.05) is 66.2 Å². The lowest BCUT2D eigenvalue weighted by Crippen LogP contribution is -2.47. The number of β-amino-alcohol motifs (C(OH)–C–C–N with tert-alkyl or cyclic N) is 1. The first-order valence-electron chi connectivity index (χ1n) is 13.4. The van der Waals surface area contributed by atoms with Crippen molar-refractivity contribution in [3.8, 4) is 11.1 Å². The number of nitrogens with one attached hydrogen (secondary N) is 1. The van der Waals surface area contributed by atoms with Gasteiger partial charge in [-0.05, 0) is 73.4 Å². The molecule has 1 aliphatic carbocycles. The van der Waals surface area contributed by atoms with Crippen LogP contribution >= 0.6 is 11.6 Å². The average molecular weight is 585 g/mol. The Morgan fingerprint density at radius 1 is 1.07 bits per heavy atom. The summed E-state index contributed by atoms with van der Waals surface area (Å²) < 4.78 is 27.6. The van der Waals surface area contributed by atoms with Crippen molar-refractivity contribution in [2.75, 3.05) is 20.1 Å². The van der Waals surface area contributed by atoms with Crippen molar-refractivity contribution in [2.24, 2.45) is 5.92 Å². The highest BCUT2D eigenvalue weighted by Crippen LogP contribution is 2.33. The molecule has 40 heavy (non-hydrogen) atoms. The Kier molecular flexibility index (Phi) is 9.37. The van der Waals surface area contributed by atoms with Gasteiger partial charge in [-0.25, -0.2) is 8.42 Å². The molecule has 0 spiro atoms. The number of benzene rings is 3. The number of aliphatic hydroxyl groups excluding tert-OH is 1. The molecule has 1 aliphatic rings. The molecular weight excluding hydrogens is 548 g/mol. The molecule has 1 atom stereocenters. The maximum Gasteiger partial charge on any atom is 0.307 e. The highest BCUT2D eigenvalue weighted by molar-refractivity contribution is 7.89. The molecule has 9 heteroatoms. The van der Waals surface area contributed by atoms with Gasteiger partial charge in [-0.3, -0.25) is 4.79 Å². The third-order valence-electron chi connectivity index (χ3n) is 7.49. The number of aliphatic hydroxyl groups is 1. The number of hydrogen-bond acceptors (Lipinski definition) is 5. The van der Waals surface area contributed by atoms with Crippen LogP contribution in [0.3, 0.4) is 0 Å². The van der Waals surface area contributed by atoms with Crippen molar-refractivity contribution in [3.05, 3.63) is 88.4 Å². The molecule has 0 fully saturated rings. The molecular formula is C31H37ClN2O5S. The lowest BCUT2D eigenvalue weighted by Gasteiger charge is -2.31. The summed E-state index contributed by atoms with van der Waals surface area (Å²) in [7, 11) is -2.44. The van der Waals surface area contributed by atoms with Gasteiger partial charge in [0.05, 0.1) is 17.4 Å². The zero-order valence-corrected chi connectivity index (χ0v) is 24.7. The van der Waals surface area contributed by atoms with Crippen LogP contribution in [-0.4, -0.2) is 60.7 Å². The largest absolute Gasteiger partial charge is 0.481 e. The van der Waals surface area contributed by atoms with E-state index in [4.69, 9.17) is 16.7 Å². The van der Waals surface area contributed by atoms with Gasteiger partial charge in [0.15, 0.2) is 0 Å². The number of aliphatic carboxylic acids is 1. The summed E-state index contributed by atoms with van der Waals surface area (Å²) in [6.45, 7) is 4.44. The Labute approximate surface area is 241 Å². The Morgan fingerprint density at radius 3 is 2.27 bits per heavy atom. The van der Waals surface area contributed by atoms with Gasteiger partial charge in [0.1, 0.15) is 0 Å². The zero-order chi connectivity index (χ0) is 29.1. The Hall–Kier alpha value is -2.75. The molecule has 0 aliphatic heterocycles. The second-order valence-electron chi connectivity index (χ2n) is 11.4. The molecule has 0 heterocycles. The lowest BCUT2D eigenvalue weighted by molar-refractivity contribution is -0.136. The number of carboxylic acids is 1. The molecule has 0 aromatic heterocycles. The Morgan fingerprint density at radius 2 is 1.70 bits per heavy atom. The highest BCUT2D eigenvalue weighted by Gasteiger charge is 2.29. The predicted molar refractivity (Wildman–Crippen MR) is 158 cm³/mol. The van der Waals surface area contributed by atoms with Crippen molar-refractivity contribution >= 4 is 27.6 Å². The van der Waals surface area contributed by atoms with E-state index in [1.807, 2.05) is 0 Å². The number of rotatable bonds is 12. The summed E-state index contributed by atoms with van der Waals surface area (Å²) in [6.07, 6.45) is 2.10. The van der Waals surface area contributed by atoms with Crippen LogP contribution in [0.2, 0.25) is 5.02 Å². The van der Waals surface area contributed by atoms with E-state index in [1.165, 1.54) is 30.3 Å². The fourth-order valence-electron chi connectivity index (χ4n) is 5.49. The standard InChI is InChI=1S/C31H37ClN2O5S/c1-31(2,18-22-14-24-6-4-5-7-25(24)15-22)33-19-26(35)20-34(3)40(38,39)27-12-13-28(29(32)17-27)23-10-8-21(9-11-23)16-30(36)37/h4-13,17,22,26,33,35H,14-16,18-20H2,1-3H3,(H,36,37). The third kappa shape index (κ3) is 7.50. The maximum atomic E-state index is 13.2. The molecule has 0 saturated carbocycles. The Balaban J connectivity index is 1.33. The summed E-state index contributed by atoms with van der Waals surface area (Å²) in [5.74, 6) is -0.375. The number of halogens is 1. The number of carboxylic acid groups (broad SMARTS) is 1. The van der Waals surface area contributed by atoms with Crippen LogP contribution in [0.4, 0.5) is 0 Å². The number of sulfonamides is 1. The number of nitrogens with zero attached hydrogens (tertiary/aromatic N) is 1. The van der Waals surface area contributed by atoms with Gasteiger partial charge in [0, 0.05) is 36.3 Å². The monoisotopic (exact) mass is 584 g/mol. The van der Waals surface area contributed by atoms with E-state index >= 15 is 0 Å². The topological polar surface area (TPSA) is 107 Å². The van der Waals surface area contributed by atoms with Gasteiger partial charge in [-0.2, -0.15) is 4.31 Å². The number of hydrogen-bond donors (Lipinski definition) is 3. The van der Waals surface area contributed by atoms with Crippen LogP contribution in [0.25, 0.3) is 11.1 Å². The number of likely N-dealkylation sites (N-methyl/N-ethyl adjacent to an activating group) is 1. The molecule has 0 amide bonds. The minimum absolute atomic E-state index is 0.0348. The maximum absolute atomic E-state index is 13.2. The van der Waals surface area contributed by atoms with Crippen LogP contribution in [0, 0.1) is 5.92 Å². The molecule has 0 bridgehead atoms. The molecule has 3 N–H and O–H groups in total. The van der Waals surface area contributed by atoms with Crippen molar-refractivity contribution in [1.82, 2.24) is 9.62 Å². The summed E-state index contributed by atoms with van der Waals surface area (Å²) in [6, 6.07) is 20.0. The van der Waals surface area contributed by atoms with Crippen molar-refractivity contribution in [2.45, 2.75) is 56.1 Å². The second-order valence-corrected chi connectivity index (χ2v) is 13.8. The molecule has 3 aromatic rings. The SMILES string of the molecule is CN(CC(O)CNC(C)(C)CC1Cc2ccccc2C1)S(=O)(=O)c1ccc(-c2ccc(CC(=O)O)cc2)c(Cl)c1. The minimum Gasteiger partial charge on any atom is -0.481 e. The molecule has 0 radical (unpaired) electrons. The molecule has 0 saturated heterocycles. The van der Waals surface area contributed by atoms with Crippen molar-refractivity contribution < 1.29 is 23.4 Å². The predicted octanol–water partition coefficient (Wildman–Crippen LogP) is 4.79. The van der Waals surface area contributed by atoms with E-state index < -0.39 is 22.1 Å². The van der Waals surface area contributed by atoms with E-state index in [0.717, 1.165) is 29.1 Å². The van der Waals surface area contributed by atoms with Crippen LogP contribution in [0.15, 0.2) is 71.6 Å². The third-order valence-corrected chi connectivity index (χ3v) is 9.62. The summed E-state index contributed by atoms with van der Waals surface area (Å²) >= 11 is 6.47. The first-order valence-corrected chi connectivity index (χ1v) is 15.2. The van der Waals surface area contributed by atoms with Gasteiger partial charge in [-0.15, -0.1) is 0 Å². The lowest BCUT2D eigenvalue weighted by atomic mass is 9.88. The van der Waals surface area contributed by atoms with E-state index in [2.05, 4.69) is 43.4 Å². The first-order chi connectivity index (χ1) is 18.8. The van der Waals surface area contributed by atoms with Gasteiger partial charge < -0.3 is 15.5 Å². The van der Waals surface area contributed by atoms with Crippen molar-refractivity contribution in [1.29, 1.82) is 0 Å². The average Bonchev–Trinajstić information content (AvgIpc) is 3.29. The molecule has 4 rings (SSSR count).